The molecule has 9 nitrogen and oxygen atoms in total. The average molecular weight is 376 g/mol. The number of hydrogen-bond donors (Lipinski definition) is 6. The maximum absolute atomic E-state index is 12.1. The molecule has 0 saturated carbocycles. The van der Waals surface area contributed by atoms with Gasteiger partial charge in [0, 0.05) is 5.75 Å². The van der Waals surface area contributed by atoms with Gasteiger partial charge in [-0.15, -0.1) is 0 Å². The van der Waals surface area contributed by atoms with Crippen LogP contribution in [-0.4, -0.2) is 58.7 Å². The summed E-state index contributed by atoms with van der Waals surface area (Å²) in [4.78, 5) is 46.9. The van der Waals surface area contributed by atoms with E-state index in [0.717, 1.165) is 6.42 Å². The van der Waals surface area contributed by atoms with E-state index in [1.807, 2.05) is 13.8 Å². The van der Waals surface area contributed by atoms with Gasteiger partial charge in [-0.2, -0.15) is 12.6 Å². The normalized spacial score (nSPS) is 16.7. The Labute approximate surface area is 152 Å². The van der Waals surface area contributed by atoms with Crippen molar-refractivity contribution in [1.29, 1.82) is 0 Å². The van der Waals surface area contributed by atoms with Gasteiger partial charge in [0.1, 0.15) is 18.1 Å². The average Bonchev–Trinajstić information content (AvgIpc) is 2.57. The summed E-state index contributed by atoms with van der Waals surface area (Å²) in [5.74, 6) is -2.99. The zero-order valence-electron chi connectivity index (χ0n) is 14.9. The molecule has 0 aliphatic heterocycles. The van der Waals surface area contributed by atoms with E-state index in [-0.39, 0.29) is 11.7 Å². The molecule has 0 saturated heterocycles. The maximum atomic E-state index is 12.1. The van der Waals surface area contributed by atoms with Crippen LogP contribution in [-0.2, 0) is 19.2 Å². The van der Waals surface area contributed by atoms with Crippen LogP contribution in [0.4, 0.5) is 0 Å². The Kier molecular flexibility index (Phi) is 10.1. The van der Waals surface area contributed by atoms with Crippen LogP contribution < -0.4 is 21.7 Å². The molecule has 0 aromatic heterocycles. The first-order valence-corrected chi connectivity index (χ1v) is 8.68. The quantitative estimate of drug-likeness (QED) is 0.266. The molecular formula is C15H28N4O5S. The van der Waals surface area contributed by atoms with Crippen LogP contribution in [0.5, 0.6) is 0 Å². The fourth-order valence-corrected chi connectivity index (χ4v) is 2.01. The summed E-state index contributed by atoms with van der Waals surface area (Å²) < 4.78 is 0. The van der Waals surface area contributed by atoms with Crippen molar-refractivity contribution in [3.63, 3.8) is 0 Å². The van der Waals surface area contributed by atoms with Crippen LogP contribution >= 0.6 is 12.6 Å². The number of carboxylic acid groups (broad SMARTS) is 1. The van der Waals surface area contributed by atoms with E-state index in [0.29, 0.717) is 0 Å². The first-order chi connectivity index (χ1) is 11.5. The molecule has 0 bridgehead atoms. The van der Waals surface area contributed by atoms with Gasteiger partial charge in [-0.05, 0) is 19.8 Å². The zero-order chi connectivity index (χ0) is 19.7. The van der Waals surface area contributed by atoms with Crippen molar-refractivity contribution in [2.75, 3.05) is 5.75 Å². The summed E-state index contributed by atoms with van der Waals surface area (Å²) in [6.45, 7) is 6.50. The van der Waals surface area contributed by atoms with Gasteiger partial charge in [-0.3, -0.25) is 19.2 Å². The van der Waals surface area contributed by atoms with Gasteiger partial charge in [0.05, 0.1) is 6.04 Å². The number of nitrogens with one attached hydrogen (secondary N) is 3. The molecule has 0 spiro atoms. The number of rotatable bonds is 10. The number of hydrogen-bond acceptors (Lipinski definition) is 6. The third-order valence-corrected chi connectivity index (χ3v) is 4.22. The topological polar surface area (TPSA) is 151 Å². The van der Waals surface area contributed by atoms with Gasteiger partial charge in [-0.25, -0.2) is 0 Å². The largest absolute Gasteiger partial charge is 0.480 e. The molecule has 0 aliphatic rings. The van der Waals surface area contributed by atoms with Crippen molar-refractivity contribution in [1.82, 2.24) is 16.0 Å². The minimum atomic E-state index is -1.20. The zero-order valence-corrected chi connectivity index (χ0v) is 15.8. The highest BCUT2D eigenvalue weighted by molar-refractivity contribution is 7.80. The molecule has 25 heavy (non-hydrogen) atoms. The highest BCUT2D eigenvalue weighted by Crippen LogP contribution is 2.05. The van der Waals surface area contributed by atoms with E-state index >= 15 is 0 Å². The lowest BCUT2D eigenvalue weighted by Gasteiger charge is -2.23. The molecule has 3 amide bonds. The third kappa shape index (κ3) is 7.74. The molecule has 0 rings (SSSR count). The maximum Gasteiger partial charge on any atom is 0.325 e. The molecule has 0 aliphatic carbocycles. The summed E-state index contributed by atoms with van der Waals surface area (Å²) in [5.41, 5.74) is 5.80. The first kappa shape index (κ1) is 23.2. The molecule has 6 N–H and O–H groups in total. The van der Waals surface area contributed by atoms with Crippen molar-refractivity contribution in [2.45, 2.75) is 58.3 Å². The number of carbonyl (C=O) groups excluding carboxylic acids is 3. The molecule has 0 fully saturated rings. The number of carboxylic acids is 1. The van der Waals surface area contributed by atoms with Crippen molar-refractivity contribution in [3.8, 4) is 0 Å². The van der Waals surface area contributed by atoms with E-state index in [1.54, 1.807) is 0 Å². The number of nitrogens with two attached hydrogens (primary N) is 1. The highest BCUT2D eigenvalue weighted by atomic mass is 32.1. The van der Waals surface area contributed by atoms with Crippen molar-refractivity contribution in [2.24, 2.45) is 11.7 Å². The van der Waals surface area contributed by atoms with Gasteiger partial charge >= 0.3 is 5.97 Å². The van der Waals surface area contributed by atoms with E-state index in [2.05, 4.69) is 28.6 Å². The highest BCUT2D eigenvalue weighted by Gasteiger charge is 2.27. The number of thiol groups is 1. The number of carbonyl (C=O) groups is 4. The number of amides is 3. The van der Waals surface area contributed by atoms with Crippen LogP contribution in [0.15, 0.2) is 0 Å². The molecule has 5 unspecified atom stereocenters. The fourth-order valence-electron chi connectivity index (χ4n) is 1.75. The Hall–Kier alpha value is -1.81. The summed E-state index contributed by atoms with van der Waals surface area (Å²) in [6, 6.07) is -3.77. The number of aliphatic carboxylic acids is 1. The second-order valence-electron chi connectivity index (χ2n) is 5.95. The molecule has 5 atom stereocenters. The van der Waals surface area contributed by atoms with Gasteiger partial charge in [0.15, 0.2) is 0 Å². The SMILES string of the molecule is CCC(C)C(N)C(=O)NC(C)C(=O)NC(CS)C(=O)NC(C)C(=O)O. The van der Waals surface area contributed by atoms with Gasteiger partial charge in [-0.1, -0.05) is 20.3 Å². The molecule has 0 aromatic rings. The van der Waals surface area contributed by atoms with Gasteiger partial charge < -0.3 is 26.8 Å². The second kappa shape index (κ2) is 10.9. The van der Waals surface area contributed by atoms with E-state index in [1.165, 1.54) is 13.8 Å². The Morgan fingerprint density at radius 3 is 1.92 bits per heavy atom. The lowest BCUT2D eigenvalue weighted by atomic mass is 9.99. The third-order valence-electron chi connectivity index (χ3n) is 3.86. The van der Waals surface area contributed by atoms with Crippen LogP contribution in [0.25, 0.3) is 0 Å². The van der Waals surface area contributed by atoms with Crippen LogP contribution in [0.3, 0.4) is 0 Å². The molecule has 0 aromatic carbocycles. The summed E-state index contributed by atoms with van der Waals surface area (Å²) in [7, 11) is 0. The van der Waals surface area contributed by atoms with Gasteiger partial charge in [0.25, 0.3) is 0 Å². The van der Waals surface area contributed by atoms with E-state index in [9.17, 15) is 19.2 Å². The molecular weight excluding hydrogens is 348 g/mol. The van der Waals surface area contributed by atoms with E-state index < -0.39 is 47.9 Å². The minimum absolute atomic E-state index is 0.0308. The van der Waals surface area contributed by atoms with Gasteiger partial charge in [0.2, 0.25) is 17.7 Å². The summed E-state index contributed by atoms with van der Waals surface area (Å²) >= 11 is 3.98. The molecule has 144 valence electrons. The van der Waals surface area contributed by atoms with Crippen molar-refractivity contribution in [3.05, 3.63) is 0 Å². The second-order valence-corrected chi connectivity index (χ2v) is 6.32. The fraction of sp³-hybridized carbons (Fsp3) is 0.733. The van der Waals surface area contributed by atoms with Crippen LogP contribution in [0.2, 0.25) is 0 Å². The standard InChI is InChI=1S/C15H28N4O5S/c1-5-7(2)11(16)14(22)17-8(3)12(20)19-10(6-25)13(21)18-9(4)15(23)24/h7-11,25H,5-6,16H2,1-4H3,(H,17,22)(H,18,21)(H,19,20)(H,23,24). The Bertz CT molecular complexity index is 502. The Morgan fingerprint density at radius 1 is 0.960 bits per heavy atom. The minimum Gasteiger partial charge on any atom is -0.480 e. The Balaban J connectivity index is 4.69. The predicted molar refractivity (Wildman–Crippen MR) is 96.1 cm³/mol. The smallest absolute Gasteiger partial charge is 0.325 e. The lowest BCUT2D eigenvalue weighted by molar-refractivity contribution is -0.141. The Morgan fingerprint density at radius 2 is 1.48 bits per heavy atom. The predicted octanol–water partition coefficient (Wildman–Crippen LogP) is -1.13. The summed E-state index contributed by atoms with van der Waals surface area (Å²) in [5, 5.41) is 16.0. The summed E-state index contributed by atoms with van der Waals surface area (Å²) in [6.07, 6.45) is 0.721. The first-order valence-electron chi connectivity index (χ1n) is 8.05. The van der Waals surface area contributed by atoms with E-state index in [4.69, 9.17) is 10.8 Å². The molecule has 10 heteroatoms. The molecule has 0 radical (unpaired) electrons. The van der Waals surface area contributed by atoms with Crippen molar-refractivity contribution < 1.29 is 24.3 Å². The van der Waals surface area contributed by atoms with Crippen molar-refractivity contribution >= 4 is 36.3 Å². The monoisotopic (exact) mass is 376 g/mol. The van der Waals surface area contributed by atoms with Crippen LogP contribution in [0, 0.1) is 5.92 Å². The lowest BCUT2D eigenvalue weighted by Crippen LogP contribution is -2.57. The molecule has 0 heterocycles. The van der Waals surface area contributed by atoms with Crippen LogP contribution in [0.1, 0.15) is 34.1 Å².